The SMILES string of the molecule is CCOC(=O)C(C)NC(=O)C(O)[C@H](N)CCSCC. The van der Waals surface area contributed by atoms with Crippen LogP contribution in [-0.2, 0) is 14.3 Å². The van der Waals surface area contributed by atoms with Crippen molar-refractivity contribution in [3.63, 3.8) is 0 Å². The number of esters is 1. The van der Waals surface area contributed by atoms with Crippen LogP contribution in [0.4, 0.5) is 0 Å². The van der Waals surface area contributed by atoms with Crippen molar-refractivity contribution in [2.24, 2.45) is 5.73 Å². The molecule has 0 fully saturated rings. The molecule has 0 aromatic heterocycles. The van der Waals surface area contributed by atoms with E-state index in [2.05, 4.69) is 5.32 Å². The van der Waals surface area contributed by atoms with Crippen molar-refractivity contribution in [3.8, 4) is 0 Å². The highest BCUT2D eigenvalue weighted by Gasteiger charge is 2.26. The van der Waals surface area contributed by atoms with Crippen LogP contribution < -0.4 is 11.1 Å². The Morgan fingerprint density at radius 3 is 2.58 bits per heavy atom. The van der Waals surface area contributed by atoms with Crippen LogP contribution in [0, 0.1) is 0 Å². The predicted molar refractivity (Wildman–Crippen MR) is 75.8 cm³/mol. The van der Waals surface area contributed by atoms with Gasteiger partial charge in [-0.1, -0.05) is 6.92 Å². The molecule has 0 spiro atoms. The van der Waals surface area contributed by atoms with Gasteiger partial charge < -0.3 is 20.9 Å². The van der Waals surface area contributed by atoms with E-state index in [0.717, 1.165) is 11.5 Å². The van der Waals surface area contributed by atoms with Gasteiger partial charge in [0.05, 0.1) is 6.61 Å². The third kappa shape index (κ3) is 7.39. The molecule has 112 valence electrons. The normalized spacial score (nSPS) is 15.4. The van der Waals surface area contributed by atoms with Crippen LogP contribution in [0.1, 0.15) is 27.2 Å². The summed E-state index contributed by atoms with van der Waals surface area (Å²) in [6, 6.07) is -1.42. The number of ether oxygens (including phenoxy) is 1. The lowest BCUT2D eigenvalue weighted by molar-refractivity contribution is -0.148. The fourth-order valence-corrected chi connectivity index (χ4v) is 2.07. The van der Waals surface area contributed by atoms with Gasteiger partial charge >= 0.3 is 5.97 Å². The zero-order chi connectivity index (χ0) is 14.8. The summed E-state index contributed by atoms with van der Waals surface area (Å²) in [5.74, 6) is 0.581. The molecule has 19 heavy (non-hydrogen) atoms. The maximum absolute atomic E-state index is 11.7. The molecule has 0 aromatic carbocycles. The molecule has 0 heterocycles. The van der Waals surface area contributed by atoms with Gasteiger partial charge in [-0.25, -0.2) is 4.79 Å². The Morgan fingerprint density at radius 2 is 2.05 bits per heavy atom. The lowest BCUT2D eigenvalue weighted by atomic mass is 10.1. The molecule has 0 aliphatic rings. The number of amides is 1. The van der Waals surface area contributed by atoms with Gasteiger partial charge in [-0.15, -0.1) is 0 Å². The number of hydrogen-bond acceptors (Lipinski definition) is 6. The molecule has 2 unspecified atom stereocenters. The summed E-state index contributed by atoms with van der Waals surface area (Å²) in [4.78, 5) is 23.0. The van der Waals surface area contributed by atoms with Gasteiger partial charge in [-0.3, -0.25) is 4.79 Å². The third-order valence-corrected chi connectivity index (χ3v) is 3.41. The Balaban J connectivity index is 4.14. The maximum Gasteiger partial charge on any atom is 0.328 e. The van der Waals surface area contributed by atoms with Gasteiger partial charge in [0, 0.05) is 6.04 Å². The van der Waals surface area contributed by atoms with Crippen LogP contribution in [0.3, 0.4) is 0 Å². The lowest BCUT2D eigenvalue weighted by Gasteiger charge is -2.20. The molecule has 4 N–H and O–H groups in total. The number of hydrogen-bond donors (Lipinski definition) is 3. The molecule has 0 radical (unpaired) electrons. The smallest absolute Gasteiger partial charge is 0.328 e. The average Bonchev–Trinajstić information content (AvgIpc) is 2.38. The van der Waals surface area contributed by atoms with Crippen molar-refractivity contribution in [2.45, 2.75) is 45.4 Å². The van der Waals surface area contributed by atoms with Gasteiger partial charge in [-0.2, -0.15) is 11.8 Å². The summed E-state index contributed by atoms with van der Waals surface area (Å²) in [5, 5.41) is 12.1. The highest BCUT2D eigenvalue weighted by Crippen LogP contribution is 2.06. The van der Waals surface area contributed by atoms with E-state index < -0.39 is 30.1 Å². The summed E-state index contributed by atoms with van der Waals surface area (Å²) < 4.78 is 4.75. The van der Waals surface area contributed by atoms with Crippen molar-refractivity contribution < 1.29 is 19.4 Å². The second kappa shape index (κ2) is 10.1. The first kappa shape index (κ1) is 18.2. The topological polar surface area (TPSA) is 102 Å². The second-order valence-electron chi connectivity index (χ2n) is 4.08. The third-order valence-electron chi connectivity index (χ3n) is 2.47. The van der Waals surface area contributed by atoms with Crippen molar-refractivity contribution in [1.29, 1.82) is 0 Å². The molecular formula is C12H24N2O4S. The minimum Gasteiger partial charge on any atom is -0.464 e. The molecule has 3 atom stereocenters. The molecule has 0 aliphatic heterocycles. The minimum atomic E-state index is -1.31. The summed E-state index contributed by atoms with van der Waals surface area (Å²) in [7, 11) is 0. The molecule has 0 rings (SSSR count). The molecule has 0 aliphatic carbocycles. The number of carbonyl (C=O) groups excluding carboxylic acids is 2. The minimum absolute atomic E-state index is 0.245. The van der Waals surface area contributed by atoms with E-state index in [1.165, 1.54) is 6.92 Å². The Morgan fingerprint density at radius 1 is 1.42 bits per heavy atom. The predicted octanol–water partition coefficient (Wildman–Crippen LogP) is -0.114. The van der Waals surface area contributed by atoms with E-state index in [0.29, 0.717) is 6.42 Å². The molecule has 7 heteroatoms. The number of nitrogens with two attached hydrogens (primary N) is 1. The standard InChI is InChI=1S/C12H24N2O4S/c1-4-18-12(17)8(3)14-11(16)10(15)9(13)6-7-19-5-2/h8-10,15H,4-7,13H2,1-3H3,(H,14,16)/t8?,9-,10?/m1/s1. The second-order valence-corrected chi connectivity index (χ2v) is 5.47. The number of nitrogens with one attached hydrogen (secondary N) is 1. The molecule has 0 aromatic rings. The molecule has 0 saturated heterocycles. The van der Waals surface area contributed by atoms with Crippen LogP contribution in [-0.4, -0.2) is 53.3 Å². The quantitative estimate of drug-likeness (QED) is 0.405. The Bertz CT molecular complexity index is 289. The van der Waals surface area contributed by atoms with Gasteiger partial charge in [0.15, 0.2) is 0 Å². The average molecular weight is 292 g/mol. The Kier molecular flexibility index (Phi) is 9.63. The first-order chi connectivity index (χ1) is 8.93. The maximum atomic E-state index is 11.7. The lowest BCUT2D eigenvalue weighted by Crippen LogP contribution is -2.50. The number of rotatable bonds is 9. The van der Waals surface area contributed by atoms with Crippen molar-refractivity contribution >= 4 is 23.6 Å². The van der Waals surface area contributed by atoms with E-state index in [1.807, 2.05) is 6.92 Å². The highest BCUT2D eigenvalue weighted by atomic mass is 32.2. The summed E-state index contributed by atoms with van der Waals surface area (Å²) in [6.45, 7) is 5.46. The molecular weight excluding hydrogens is 268 g/mol. The van der Waals surface area contributed by atoms with Crippen LogP contribution in [0.15, 0.2) is 0 Å². The van der Waals surface area contributed by atoms with Crippen LogP contribution >= 0.6 is 11.8 Å². The van der Waals surface area contributed by atoms with E-state index >= 15 is 0 Å². The number of carbonyl (C=O) groups is 2. The van der Waals surface area contributed by atoms with Crippen molar-refractivity contribution in [2.75, 3.05) is 18.1 Å². The number of aliphatic hydroxyl groups is 1. The zero-order valence-corrected chi connectivity index (χ0v) is 12.5. The Labute approximate surface area is 118 Å². The molecule has 0 saturated carbocycles. The van der Waals surface area contributed by atoms with Crippen LogP contribution in [0.2, 0.25) is 0 Å². The Hall–Kier alpha value is -0.790. The van der Waals surface area contributed by atoms with E-state index in [-0.39, 0.29) is 6.61 Å². The van der Waals surface area contributed by atoms with Crippen molar-refractivity contribution in [3.05, 3.63) is 0 Å². The fourth-order valence-electron chi connectivity index (χ4n) is 1.34. The monoisotopic (exact) mass is 292 g/mol. The largest absolute Gasteiger partial charge is 0.464 e. The first-order valence-corrected chi connectivity index (χ1v) is 7.57. The van der Waals surface area contributed by atoms with Gasteiger partial charge in [-0.05, 0) is 31.8 Å². The molecule has 1 amide bonds. The number of thioether (sulfide) groups is 1. The van der Waals surface area contributed by atoms with Crippen LogP contribution in [0.5, 0.6) is 0 Å². The van der Waals surface area contributed by atoms with Gasteiger partial charge in [0.25, 0.3) is 5.91 Å². The molecule has 6 nitrogen and oxygen atoms in total. The number of aliphatic hydroxyl groups excluding tert-OH is 1. The summed E-state index contributed by atoms with van der Waals surface area (Å²) in [6.07, 6.45) is -0.768. The fraction of sp³-hybridized carbons (Fsp3) is 0.833. The van der Waals surface area contributed by atoms with Gasteiger partial charge in [0.2, 0.25) is 0 Å². The van der Waals surface area contributed by atoms with Gasteiger partial charge in [0.1, 0.15) is 12.1 Å². The summed E-state index contributed by atoms with van der Waals surface area (Å²) >= 11 is 1.69. The van der Waals surface area contributed by atoms with E-state index in [1.54, 1.807) is 18.7 Å². The summed E-state index contributed by atoms with van der Waals surface area (Å²) in [5.41, 5.74) is 5.73. The van der Waals surface area contributed by atoms with E-state index in [4.69, 9.17) is 10.5 Å². The van der Waals surface area contributed by atoms with E-state index in [9.17, 15) is 14.7 Å². The highest BCUT2D eigenvalue weighted by molar-refractivity contribution is 7.99. The van der Waals surface area contributed by atoms with Crippen molar-refractivity contribution in [1.82, 2.24) is 5.32 Å². The molecule has 0 bridgehead atoms. The first-order valence-electron chi connectivity index (χ1n) is 6.42. The van der Waals surface area contributed by atoms with Crippen LogP contribution in [0.25, 0.3) is 0 Å². The zero-order valence-electron chi connectivity index (χ0n) is 11.7.